The van der Waals surface area contributed by atoms with Gasteiger partial charge < -0.3 is 9.67 Å². The summed E-state index contributed by atoms with van der Waals surface area (Å²) < 4.78 is 3.88. The van der Waals surface area contributed by atoms with Crippen molar-refractivity contribution < 1.29 is 5.11 Å². The standard InChI is InChI=1S/C22H25N7O/c1-12-23-13(2)29(27-12)19-11-17(25-21(26-19)22(3,4)30)14-10-15(14)20-24-16-8-6-7-9-18(16)28(20)5/h6-9,11,14-15,30H,10H2,1-5H3/t14-,15-/m1/s1. The number of hydrogen-bond acceptors (Lipinski definition) is 6. The second kappa shape index (κ2) is 6.43. The highest BCUT2D eigenvalue weighted by Gasteiger charge is 2.44. The second-order valence-corrected chi connectivity index (χ2v) is 8.62. The number of rotatable bonds is 4. The Morgan fingerprint density at radius 1 is 1.03 bits per heavy atom. The van der Waals surface area contributed by atoms with Crippen LogP contribution >= 0.6 is 0 Å². The molecule has 0 bridgehead atoms. The van der Waals surface area contributed by atoms with Crippen LogP contribution < -0.4 is 0 Å². The predicted molar refractivity (Wildman–Crippen MR) is 112 cm³/mol. The molecule has 1 fully saturated rings. The van der Waals surface area contributed by atoms with Crippen LogP contribution in [0, 0.1) is 13.8 Å². The molecule has 30 heavy (non-hydrogen) atoms. The number of para-hydroxylation sites is 2. The lowest BCUT2D eigenvalue weighted by Crippen LogP contribution is -2.22. The molecule has 0 saturated heterocycles. The van der Waals surface area contributed by atoms with Crippen LogP contribution in [0.15, 0.2) is 30.3 Å². The van der Waals surface area contributed by atoms with E-state index in [1.165, 1.54) is 0 Å². The van der Waals surface area contributed by atoms with Crippen molar-refractivity contribution in [3.63, 3.8) is 0 Å². The van der Waals surface area contributed by atoms with Crippen molar-refractivity contribution in [2.24, 2.45) is 7.05 Å². The Morgan fingerprint density at radius 3 is 2.47 bits per heavy atom. The predicted octanol–water partition coefficient (Wildman–Crippen LogP) is 3.06. The zero-order valence-corrected chi connectivity index (χ0v) is 17.8. The van der Waals surface area contributed by atoms with Gasteiger partial charge in [0.15, 0.2) is 11.6 Å². The summed E-state index contributed by atoms with van der Waals surface area (Å²) >= 11 is 0. The van der Waals surface area contributed by atoms with Gasteiger partial charge in [-0.05, 0) is 46.2 Å². The fourth-order valence-electron chi connectivity index (χ4n) is 4.07. The molecule has 8 heteroatoms. The van der Waals surface area contributed by atoms with E-state index in [2.05, 4.69) is 32.7 Å². The van der Waals surface area contributed by atoms with E-state index in [0.717, 1.165) is 34.8 Å². The van der Waals surface area contributed by atoms with Gasteiger partial charge in [0.2, 0.25) is 0 Å². The lowest BCUT2D eigenvalue weighted by Gasteiger charge is -2.18. The maximum absolute atomic E-state index is 10.6. The number of imidazole rings is 1. The molecule has 0 spiro atoms. The van der Waals surface area contributed by atoms with Crippen molar-refractivity contribution in [1.29, 1.82) is 0 Å². The molecule has 3 aromatic heterocycles. The molecule has 5 rings (SSSR count). The zero-order chi connectivity index (χ0) is 21.2. The monoisotopic (exact) mass is 403 g/mol. The Hall–Kier alpha value is -3.13. The first-order valence-corrected chi connectivity index (χ1v) is 10.2. The Balaban J connectivity index is 1.56. The van der Waals surface area contributed by atoms with Gasteiger partial charge in [0, 0.05) is 24.9 Å². The SMILES string of the molecule is Cc1nc(C)n(-c2cc([C@@H]3C[C@H]3c3nc4ccccc4n3C)nc(C(C)(C)O)n2)n1. The highest BCUT2D eigenvalue weighted by atomic mass is 16.3. The quantitative estimate of drug-likeness (QED) is 0.563. The molecule has 1 aliphatic rings. The summed E-state index contributed by atoms with van der Waals surface area (Å²) in [4.78, 5) is 18.6. The largest absolute Gasteiger partial charge is 0.382 e. The molecule has 4 aromatic rings. The van der Waals surface area contributed by atoms with Crippen LogP contribution in [0.4, 0.5) is 0 Å². The summed E-state index contributed by atoms with van der Waals surface area (Å²) in [5.74, 6) is 4.04. The summed E-state index contributed by atoms with van der Waals surface area (Å²) in [6.45, 7) is 7.15. The van der Waals surface area contributed by atoms with Gasteiger partial charge in [0.25, 0.3) is 0 Å². The molecular weight excluding hydrogens is 378 g/mol. The number of nitrogens with zero attached hydrogens (tertiary/aromatic N) is 7. The normalized spacial score (nSPS) is 18.9. The van der Waals surface area contributed by atoms with Crippen molar-refractivity contribution in [1.82, 2.24) is 34.3 Å². The maximum atomic E-state index is 10.6. The summed E-state index contributed by atoms with van der Waals surface area (Å²) in [6.07, 6.45) is 0.967. The van der Waals surface area contributed by atoms with E-state index in [0.29, 0.717) is 23.4 Å². The van der Waals surface area contributed by atoms with Crippen molar-refractivity contribution in [3.8, 4) is 5.82 Å². The molecule has 3 heterocycles. The number of fused-ring (bicyclic) bond motifs is 1. The van der Waals surface area contributed by atoms with Gasteiger partial charge in [-0.1, -0.05) is 12.1 Å². The van der Waals surface area contributed by atoms with E-state index in [-0.39, 0.29) is 5.92 Å². The maximum Gasteiger partial charge on any atom is 0.162 e. The Labute approximate surface area is 174 Å². The number of aryl methyl sites for hydroxylation is 3. The number of aromatic nitrogens is 7. The average Bonchev–Trinajstić information content (AvgIpc) is 3.32. The summed E-state index contributed by atoms with van der Waals surface area (Å²) in [6, 6.07) is 10.1. The summed E-state index contributed by atoms with van der Waals surface area (Å²) in [7, 11) is 2.06. The molecular formula is C22H25N7O. The zero-order valence-electron chi connectivity index (χ0n) is 17.8. The molecule has 0 aliphatic heterocycles. The van der Waals surface area contributed by atoms with Crippen LogP contribution in [0.5, 0.6) is 0 Å². The van der Waals surface area contributed by atoms with Gasteiger partial charge in [0.05, 0.1) is 16.7 Å². The summed E-state index contributed by atoms with van der Waals surface area (Å²) in [5.41, 5.74) is 1.89. The van der Waals surface area contributed by atoms with Gasteiger partial charge >= 0.3 is 0 Å². The van der Waals surface area contributed by atoms with Crippen LogP contribution in [0.2, 0.25) is 0 Å². The van der Waals surface area contributed by atoms with Crippen LogP contribution in [0.1, 0.15) is 61.1 Å². The van der Waals surface area contributed by atoms with Gasteiger partial charge in [0.1, 0.15) is 23.1 Å². The fraction of sp³-hybridized carbons (Fsp3) is 0.409. The van der Waals surface area contributed by atoms with E-state index in [1.54, 1.807) is 18.5 Å². The topological polar surface area (TPSA) is 94.5 Å². The van der Waals surface area contributed by atoms with Gasteiger partial charge in [-0.15, -0.1) is 5.10 Å². The average molecular weight is 403 g/mol. The molecule has 1 aromatic carbocycles. The van der Waals surface area contributed by atoms with Crippen molar-refractivity contribution in [3.05, 3.63) is 59.3 Å². The molecule has 1 N–H and O–H groups in total. The Morgan fingerprint density at radius 2 is 1.80 bits per heavy atom. The number of benzene rings is 1. The van der Waals surface area contributed by atoms with Gasteiger partial charge in [-0.2, -0.15) is 4.68 Å². The second-order valence-electron chi connectivity index (χ2n) is 8.62. The number of hydrogen-bond donors (Lipinski definition) is 1. The minimum atomic E-state index is -1.16. The molecule has 1 aliphatic carbocycles. The third kappa shape index (κ3) is 3.08. The van der Waals surface area contributed by atoms with E-state index in [9.17, 15) is 5.11 Å². The van der Waals surface area contributed by atoms with Gasteiger partial charge in [-0.25, -0.2) is 19.9 Å². The summed E-state index contributed by atoms with van der Waals surface area (Å²) in [5, 5.41) is 15.1. The van der Waals surface area contributed by atoms with E-state index in [1.807, 2.05) is 38.1 Å². The Kier molecular flexibility index (Phi) is 4.05. The molecule has 2 atom stereocenters. The lowest BCUT2D eigenvalue weighted by molar-refractivity contribution is 0.0683. The Bertz CT molecular complexity index is 1260. The van der Waals surface area contributed by atoms with Crippen molar-refractivity contribution >= 4 is 11.0 Å². The fourth-order valence-corrected chi connectivity index (χ4v) is 4.07. The molecule has 0 unspecified atom stereocenters. The lowest BCUT2D eigenvalue weighted by atomic mass is 10.1. The highest BCUT2D eigenvalue weighted by molar-refractivity contribution is 5.76. The van der Waals surface area contributed by atoms with Gasteiger partial charge in [-0.3, -0.25) is 0 Å². The highest BCUT2D eigenvalue weighted by Crippen LogP contribution is 2.54. The third-order valence-corrected chi connectivity index (χ3v) is 5.70. The van der Waals surface area contributed by atoms with Crippen LogP contribution in [-0.2, 0) is 12.6 Å². The first kappa shape index (κ1) is 18.9. The third-order valence-electron chi connectivity index (χ3n) is 5.70. The van der Waals surface area contributed by atoms with Crippen LogP contribution in [-0.4, -0.2) is 39.4 Å². The minimum Gasteiger partial charge on any atom is -0.382 e. The smallest absolute Gasteiger partial charge is 0.162 e. The van der Waals surface area contributed by atoms with Crippen molar-refractivity contribution in [2.45, 2.75) is 51.6 Å². The molecule has 0 radical (unpaired) electrons. The first-order chi connectivity index (χ1) is 14.2. The van der Waals surface area contributed by atoms with Crippen LogP contribution in [0.25, 0.3) is 16.9 Å². The molecule has 154 valence electrons. The first-order valence-electron chi connectivity index (χ1n) is 10.2. The van der Waals surface area contributed by atoms with E-state index in [4.69, 9.17) is 9.97 Å². The van der Waals surface area contributed by atoms with Crippen molar-refractivity contribution in [2.75, 3.05) is 0 Å². The minimum absolute atomic E-state index is 0.230. The molecule has 8 nitrogen and oxygen atoms in total. The van der Waals surface area contributed by atoms with Crippen LogP contribution in [0.3, 0.4) is 0 Å². The van der Waals surface area contributed by atoms with E-state index < -0.39 is 5.60 Å². The molecule has 0 amide bonds. The number of aliphatic hydroxyl groups is 1. The van der Waals surface area contributed by atoms with E-state index >= 15 is 0 Å². The molecule has 1 saturated carbocycles.